The number of halogens is 2. The summed E-state index contributed by atoms with van der Waals surface area (Å²) in [5, 5.41) is 0. The topological polar surface area (TPSA) is 39.8 Å². The fourth-order valence-corrected chi connectivity index (χ4v) is 3.29. The Morgan fingerprint density at radius 1 is 1.29 bits per heavy atom. The van der Waals surface area contributed by atoms with Crippen LogP contribution in [0.3, 0.4) is 0 Å². The Bertz CT molecular complexity index is 684. The van der Waals surface area contributed by atoms with Gasteiger partial charge in [-0.2, -0.15) is 0 Å². The maximum Gasteiger partial charge on any atom is 0.329 e. The maximum atomic E-state index is 12.7. The van der Waals surface area contributed by atoms with Gasteiger partial charge < -0.3 is 0 Å². The van der Waals surface area contributed by atoms with Gasteiger partial charge in [-0.1, -0.05) is 6.92 Å². The lowest BCUT2D eigenvalue weighted by molar-refractivity contribution is 0.126. The number of imidazole rings is 1. The Balaban J connectivity index is 2.10. The molecule has 21 heavy (non-hydrogen) atoms. The van der Waals surface area contributed by atoms with Crippen molar-refractivity contribution < 1.29 is 8.78 Å². The molecule has 0 amide bonds. The molecule has 0 saturated heterocycles. The maximum absolute atomic E-state index is 12.7. The third kappa shape index (κ3) is 2.59. The molecule has 1 aliphatic carbocycles. The van der Waals surface area contributed by atoms with Gasteiger partial charge in [-0.15, -0.1) is 0 Å². The summed E-state index contributed by atoms with van der Waals surface area (Å²) in [5.74, 6) is 0.674. The molecule has 1 saturated carbocycles. The molecule has 6 heteroatoms. The molecule has 2 aromatic rings. The highest BCUT2D eigenvalue weighted by atomic mass is 19.3. The van der Waals surface area contributed by atoms with Crippen molar-refractivity contribution in [1.29, 1.82) is 0 Å². The largest absolute Gasteiger partial charge is 0.329 e. The van der Waals surface area contributed by atoms with E-state index in [1.807, 2.05) is 0 Å². The first-order valence-corrected chi connectivity index (χ1v) is 7.41. The van der Waals surface area contributed by atoms with E-state index in [4.69, 9.17) is 0 Å². The molecular weight excluding hydrogens is 276 g/mol. The van der Waals surface area contributed by atoms with Crippen LogP contribution < -0.4 is 5.69 Å². The van der Waals surface area contributed by atoms with E-state index in [1.165, 1.54) is 6.20 Å². The minimum absolute atomic E-state index is 0.109. The Hall–Kier alpha value is -1.72. The monoisotopic (exact) mass is 295 g/mol. The molecule has 2 heterocycles. The van der Waals surface area contributed by atoms with Gasteiger partial charge in [0.15, 0.2) is 0 Å². The SMILES string of the molecule is CC1CCC(n2c(=O)n(CC(F)F)c3cnccc32)CC1. The molecule has 0 radical (unpaired) electrons. The summed E-state index contributed by atoms with van der Waals surface area (Å²) in [7, 11) is 0. The lowest BCUT2D eigenvalue weighted by Crippen LogP contribution is -2.30. The Kier molecular flexibility index (Phi) is 3.78. The summed E-state index contributed by atoms with van der Waals surface area (Å²) in [5.41, 5.74) is 0.884. The van der Waals surface area contributed by atoms with Crippen molar-refractivity contribution in [1.82, 2.24) is 14.1 Å². The van der Waals surface area contributed by atoms with E-state index in [9.17, 15) is 13.6 Å². The molecule has 3 rings (SSSR count). The van der Waals surface area contributed by atoms with Crippen LogP contribution in [0.1, 0.15) is 38.6 Å². The zero-order valence-corrected chi connectivity index (χ0v) is 12.0. The highest BCUT2D eigenvalue weighted by Gasteiger charge is 2.25. The zero-order chi connectivity index (χ0) is 15.0. The van der Waals surface area contributed by atoms with E-state index < -0.39 is 13.0 Å². The highest BCUT2D eigenvalue weighted by molar-refractivity contribution is 5.75. The van der Waals surface area contributed by atoms with E-state index in [1.54, 1.807) is 16.8 Å². The second-order valence-corrected chi connectivity index (χ2v) is 5.93. The minimum Gasteiger partial charge on any atom is -0.289 e. The second kappa shape index (κ2) is 5.58. The van der Waals surface area contributed by atoms with Gasteiger partial charge in [0.2, 0.25) is 0 Å². The normalized spacial score (nSPS) is 23.0. The van der Waals surface area contributed by atoms with Gasteiger partial charge in [-0.25, -0.2) is 13.6 Å². The van der Waals surface area contributed by atoms with Gasteiger partial charge in [0.25, 0.3) is 6.43 Å². The van der Waals surface area contributed by atoms with E-state index >= 15 is 0 Å². The van der Waals surface area contributed by atoms with Crippen LogP contribution in [-0.4, -0.2) is 20.5 Å². The van der Waals surface area contributed by atoms with Gasteiger partial charge >= 0.3 is 5.69 Å². The summed E-state index contributed by atoms with van der Waals surface area (Å²) in [6.45, 7) is 1.64. The minimum atomic E-state index is -2.55. The van der Waals surface area contributed by atoms with Crippen LogP contribution in [-0.2, 0) is 6.54 Å². The van der Waals surface area contributed by atoms with Gasteiger partial charge in [0, 0.05) is 12.2 Å². The van der Waals surface area contributed by atoms with Gasteiger partial charge in [0.1, 0.15) is 0 Å². The van der Waals surface area contributed by atoms with Crippen molar-refractivity contribution in [2.24, 2.45) is 5.92 Å². The number of rotatable bonds is 3. The molecule has 1 fully saturated rings. The van der Waals surface area contributed by atoms with Crippen LogP contribution in [0.5, 0.6) is 0 Å². The predicted molar refractivity (Wildman–Crippen MR) is 76.7 cm³/mol. The van der Waals surface area contributed by atoms with Crippen molar-refractivity contribution in [3.05, 3.63) is 28.9 Å². The third-order valence-corrected chi connectivity index (χ3v) is 4.44. The Morgan fingerprint density at radius 3 is 2.67 bits per heavy atom. The van der Waals surface area contributed by atoms with E-state index in [0.717, 1.165) is 35.8 Å². The molecule has 0 atom stereocenters. The van der Waals surface area contributed by atoms with Crippen molar-refractivity contribution in [3.8, 4) is 0 Å². The average Bonchev–Trinajstić information content (AvgIpc) is 2.73. The van der Waals surface area contributed by atoms with Crippen molar-refractivity contribution >= 4 is 11.0 Å². The summed E-state index contributed by atoms with van der Waals surface area (Å²) < 4.78 is 28.3. The quantitative estimate of drug-likeness (QED) is 0.872. The number of aromatic nitrogens is 3. The van der Waals surface area contributed by atoms with Crippen LogP contribution in [0.15, 0.2) is 23.3 Å². The number of hydrogen-bond donors (Lipinski definition) is 0. The molecule has 4 nitrogen and oxygen atoms in total. The molecule has 0 unspecified atom stereocenters. The molecule has 114 valence electrons. The van der Waals surface area contributed by atoms with E-state index in [-0.39, 0.29) is 11.7 Å². The predicted octanol–water partition coefficient (Wildman–Crippen LogP) is 3.21. The molecule has 0 aromatic carbocycles. The fraction of sp³-hybridized carbons (Fsp3) is 0.600. The molecule has 0 spiro atoms. The smallest absolute Gasteiger partial charge is 0.289 e. The lowest BCUT2D eigenvalue weighted by atomic mass is 9.87. The first-order valence-electron chi connectivity index (χ1n) is 7.41. The zero-order valence-electron chi connectivity index (χ0n) is 12.0. The highest BCUT2D eigenvalue weighted by Crippen LogP contribution is 2.32. The molecule has 0 N–H and O–H groups in total. The van der Waals surface area contributed by atoms with Crippen molar-refractivity contribution in [3.63, 3.8) is 0 Å². The van der Waals surface area contributed by atoms with Crippen LogP contribution in [0.4, 0.5) is 8.78 Å². The molecule has 0 bridgehead atoms. The summed E-state index contributed by atoms with van der Waals surface area (Å²) in [6, 6.07) is 1.86. The number of pyridine rings is 1. The van der Waals surface area contributed by atoms with Crippen molar-refractivity contribution in [2.45, 2.75) is 51.6 Å². The number of nitrogens with zero attached hydrogens (tertiary/aromatic N) is 3. The Labute approximate surface area is 121 Å². The number of hydrogen-bond acceptors (Lipinski definition) is 2. The fourth-order valence-electron chi connectivity index (χ4n) is 3.29. The summed E-state index contributed by atoms with van der Waals surface area (Å²) in [6.07, 6.45) is 4.56. The second-order valence-electron chi connectivity index (χ2n) is 5.93. The number of fused-ring (bicyclic) bond motifs is 1. The van der Waals surface area contributed by atoms with Crippen LogP contribution in [0, 0.1) is 5.92 Å². The van der Waals surface area contributed by atoms with Crippen LogP contribution in [0.2, 0.25) is 0 Å². The van der Waals surface area contributed by atoms with Gasteiger partial charge in [-0.3, -0.25) is 14.1 Å². The number of alkyl halides is 2. The summed E-state index contributed by atoms with van der Waals surface area (Å²) in [4.78, 5) is 16.5. The Morgan fingerprint density at radius 2 is 2.00 bits per heavy atom. The molecule has 1 aliphatic rings. The molecule has 0 aliphatic heterocycles. The van der Waals surface area contributed by atoms with Crippen LogP contribution in [0.25, 0.3) is 11.0 Å². The van der Waals surface area contributed by atoms with Crippen molar-refractivity contribution in [2.75, 3.05) is 0 Å². The van der Waals surface area contributed by atoms with Crippen LogP contribution >= 0.6 is 0 Å². The molecule has 2 aromatic heterocycles. The van der Waals surface area contributed by atoms with E-state index in [2.05, 4.69) is 11.9 Å². The average molecular weight is 295 g/mol. The van der Waals surface area contributed by atoms with Gasteiger partial charge in [0.05, 0.1) is 23.8 Å². The lowest BCUT2D eigenvalue weighted by Gasteiger charge is -2.27. The molecular formula is C15H19F2N3O. The third-order valence-electron chi connectivity index (χ3n) is 4.44. The first kappa shape index (κ1) is 14.2. The van der Waals surface area contributed by atoms with E-state index in [0.29, 0.717) is 11.4 Å². The van der Waals surface area contributed by atoms with Gasteiger partial charge in [-0.05, 0) is 37.7 Å². The standard InChI is InChI=1S/C15H19F2N3O/c1-10-2-4-11(5-3-10)20-12-6-7-18-8-13(12)19(15(20)21)9-14(16)17/h6-8,10-11,14H,2-5,9H2,1H3. The summed E-state index contributed by atoms with van der Waals surface area (Å²) >= 11 is 0. The first-order chi connectivity index (χ1) is 10.1.